The van der Waals surface area contributed by atoms with Crippen LogP contribution in [0.2, 0.25) is 0 Å². The van der Waals surface area contributed by atoms with Gasteiger partial charge in [0.15, 0.2) is 6.61 Å². The van der Waals surface area contributed by atoms with E-state index >= 15 is 0 Å². The standard InChI is InChI=1S/C24H32N2O2/c1-24(2,3)21-12-6-7-13-22(21)28-18-23(27)25-16-19-10-4-5-11-20(19)17-26-14-8-9-15-26/h4-7,10-13H,8-9,14-18H2,1-3H3,(H,25,27). The number of carbonyl (C=O) groups excluding carboxylic acids is 1. The van der Waals surface area contributed by atoms with Gasteiger partial charge in [-0.25, -0.2) is 0 Å². The molecule has 150 valence electrons. The molecule has 0 spiro atoms. The minimum absolute atomic E-state index is 0.0262. The fourth-order valence-corrected chi connectivity index (χ4v) is 3.67. The monoisotopic (exact) mass is 380 g/mol. The summed E-state index contributed by atoms with van der Waals surface area (Å²) in [5.41, 5.74) is 3.56. The second-order valence-electron chi connectivity index (χ2n) is 8.56. The zero-order valence-electron chi connectivity index (χ0n) is 17.3. The third-order valence-electron chi connectivity index (χ3n) is 5.24. The summed E-state index contributed by atoms with van der Waals surface area (Å²) in [6, 6.07) is 16.3. The number of ether oxygens (including phenoxy) is 1. The largest absolute Gasteiger partial charge is 0.483 e. The SMILES string of the molecule is CC(C)(C)c1ccccc1OCC(=O)NCc1ccccc1CN1CCCC1. The highest BCUT2D eigenvalue weighted by Crippen LogP contribution is 2.30. The Morgan fingerprint density at radius 2 is 1.64 bits per heavy atom. The molecular formula is C24H32N2O2. The van der Waals surface area contributed by atoms with Crippen LogP contribution in [0.15, 0.2) is 48.5 Å². The van der Waals surface area contributed by atoms with E-state index in [2.05, 4.69) is 55.3 Å². The van der Waals surface area contributed by atoms with Crippen LogP contribution in [0.25, 0.3) is 0 Å². The maximum absolute atomic E-state index is 12.4. The minimum atomic E-state index is -0.0975. The zero-order valence-corrected chi connectivity index (χ0v) is 17.3. The summed E-state index contributed by atoms with van der Waals surface area (Å²) in [5, 5.41) is 3.01. The summed E-state index contributed by atoms with van der Waals surface area (Å²) < 4.78 is 5.83. The lowest BCUT2D eigenvalue weighted by Gasteiger charge is -2.22. The highest BCUT2D eigenvalue weighted by Gasteiger charge is 2.19. The Kier molecular flexibility index (Phi) is 6.74. The van der Waals surface area contributed by atoms with E-state index in [9.17, 15) is 4.79 Å². The summed E-state index contributed by atoms with van der Waals surface area (Å²) in [6.45, 7) is 10.3. The number of para-hydroxylation sites is 1. The van der Waals surface area contributed by atoms with Gasteiger partial charge >= 0.3 is 0 Å². The lowest BCUT2D eigenvalue weighted by molar-refractivity contribution is -0.123. The quantitative estimate of drug-likeness (QED) is 0.780. The average Bonchev–Trinajstić information content (AvgIpc) is 3.18. The van der Waals surface area contributed by atoms with Crippen LogP contribution >= 0.6 is 0 Å². The molecule has 28 heavy (non-hydrogen) atoms. The molecule has 1 aliphatic heterocycles. The van der Waals surface area contributed by atoms with Crippen LogP contribution in [-0.2, 0) is 23.3 Å². The van der Waals surface area contributed by atoms with Crippen LogP contribution in [-0.4, -0.2) is 30.5 Å². The molecular weight excluding hydrogens is 348 g/mol. The number of likely N-dealkylation sites (tertiary alicyclic amines) is 1. The predicted molar refractivity (Wildman–Crippen MR) is 113 cm³/mol. The van der Waals surface area contributed by atoms with E-state index < -0.39 is 0 Å². The highest BCUT2D eigenvalue weighted by molar-refractivity contribution is 5.77. The third-order valence-corrected chi connectivity index (χ3v) is 5.24. The molecule has 1 amide bonds. The van der Waals surface area contributed by atoms with E-state index in [4.69, 9.17) is 4.74 Å². The lowest BCUT2D eigenvalue weighted by atomic mass is 9.86. The smallest absolute Gasteiger partial charge is 0.258 e. The molecule has 1 N–H and O–H groups in total. The Bertz CT molecular complexity index is 789. The second kappa shape index (κ2) is 9.24. The van der Waals surface area contributed by atoms with Crippen molar-refractivity contribution in [3.63, 3.8) is 0 Å². The Morgan fingerprint density at radius 3 is 2.36 bits per heavy atom. The first-order valence-corrected chi connectivity index (χ1v) is 10.2. The summed E-state index contributed by atoms with van der Waals surface area (Å²) in [4.78, 5) is 14.8. The maximum Gasteiger partial charge on any atom is 0.258 e. The van der Waals surface area contributed by atoms with Crippen molar-refractivity contribution in [2.45, 2.75) is 52.1 Å². The number of hydrogen-bond acceptors (Lipinski definition) is 3. The van der Waals surface area contributed by atoms with Gasteiger partial charge < -0.3 is 10.1 Å². The lowest BCUT2D eigenvalue weighted by Crippen LogP contribution is -2.29. The van der Waals surface area contributed by atoms with E-state index in [0.29, 0.717) is 6.54 Å². The van der Waals surface area contributed by atoms with Crippen LogP contribution in [0.1, 0.15) is 50.3 Å². The maximum atomic E-state index is 12.4. The highest BCUT2D eigenvalue weighted by atomic mass is 16.5. The predicted octanol–water partition coefficient (Wildman–Crippen LogP) is 4.28. The molecule has 0 saturated carbocycles. The summed E-state index contributed by atoms with van der Waals surface area (Å²) in [5.74, 6) is 0.680. The average molecular weight is 381 g/mol. The molecule has 1 aliphatic rings. The van der Waals surface area contributed by atoms with Gasteiger partial charge in [0.2, 0.25) is 0 Å². The molecule has 4 heteroatoms. The van der Waals surface area contributed by atoms with E-state index in [0.717, 1.165) is 17.9 Å². The molecule has 1 saturated heterocycles. The third kappa shape index (κ3) is 5.59. The molecule has 3 rings (SSSR count). The van der Waals surface area contributed by atoms with Crippen LogP contribution in [0.4, 0.5) is 0 Å². The van der Waals surface area contributed by atoms with Crippen molar-refractivity contribution in [3.05, 3.63) is 65.2 Å². The normalized spacial score (nSPS) is 14.8. The van der Waals surface area contributed by atoms with Gasteiger partial charge in [0, 0.05) is 13.1 Å². The van der Waals surface area contributed by atoms with Gasteiger partial charge in [-0.2, -0.15) is 0 Å². The first-order valence-electron chi connectivity index (χ1n) is 10.2. The topological polar surface area (TPSA) is 41.6 Å². The van der Waals surface area contributed by atoms with Gasteiger partial charge in [-0.05, 0) is 54.1 Å². The van der Waals surface area contributed by atoms with Gasteiger partial charge in [-0.3, -0.25) is 9.69 Å². The number of hydrogen-bond donors (Lipinski definition) is 1. The van der Waals surface area contributed by atoms with Crippen LogP contribution in [0.5, 0.6) is 5.75 Å². The van der Waals surface area contributed by atoms with Crippen LogP contribution < -0.4 is 10.1 Å². The van der Waals surface area contributed by atoms with Crippen molar-refractivity contribution < 1.29 is 9.53 Å². The van der Waals surface area contributed by atoms with Crippen molar-refractivity contribution in [3.8, 4) is 5.75 Å². The second-order valence-corrected chi connectivity index (χ2v) is 8.56. The molecule has 1 heterocycles. The number of benzene rings is 2. The van der Waals surface area contributed by atoms with Crippen LogP contribution in [0, 0.1) is 0 Å². The molecule has 0 bridgehead atoms. The first kappa shape index (κ1) is 20.4. The van der Waals surface area contributed by atoms with Crippen molar-refractivity contribution >= 4 is 5.91 Å². The number of rotatable bonds is 7. The Labute approximate surface area is 168 Å². The molecule has 1 fully saturated rings. The molecule has 0 aromatic heterocycles. The molecule has 0 atom stereocenters. The van der Waals surface area contributed by atoms with Gasteiger partial charge in [-0.15, -0.1) is 0 Å². The Morgan fingerprint density at radius 1 is 1.00 bits per heavy atom. The van der Waals surface area contributed by atoms with Crippen LogP contribution in [0.3, 0.4) is 0 Å². The molecule has 0 radical (unpaired) electrons. The molecule has 0 unspecified atom stereocenters. The fourth-order valence-electron chi connectivity index (χ4n) is 3.67. The van der Waals surface area contributed by atoms with Gasteiger partial charge in [0.1, 0.15) is 5.75 Å². The molecule has 0 aliphatic carbocycles. The summed E-state index contributed by atoms with van der Waals surface area (Å²) >= 11 is 0. The van der Waals surface area contributed by atoms with Gasteiger partial charge in [0.25, 0.3) is 5.91 Å². The van der Waals surface area contributed by atoms with E-state index in [1.165, 1.54) is 37.1 Å². The van der Waals surface area contributed by atoms with Crippen molar-refractivity contribution in [1.29, 1.82) is 0 Å². The van der Waals surface area contributed by atoms with E-state index in [-0.39, 0.29) is 17.9 Å². The van der Waals surface area contributed by atoms with Gasteiger partial charge in [0.05, 0.1) is 0 Å². The number of nitrogens with zero attached hydrogens (tertiary/aromatic N) is 1. The van der Waals surface area contributed by atoms with E-state index in [1.807, 2.05) is 24.3 Å². The number of nitrogens with one attached hydrogen (secondary N) is 1. The number of amides is 1. The van der Waals surface area contributed by atoms with Gasteiger partial charge in [-0.1, -0.05) is 63.2 Å². The van der Waals surface area contributed by atoms with Crippen molar-refractivity contribution in [2.75, 3.05) is 19.7 Å². The summed E-state index contributed by atoms with van der Waals surface area (Å²) in [6.07, 6.45) is 2.57. The molecule has 2 aromatic carbocycles. The molecule has 4 nitrogen and oxygen atoms in total. The van der Waals surface area contributed by atoms with Crippen molar-refractivity contribution in [1.82, 2.24) is 10.2 Å². The Balaban J connectivity index is 1.54. The fraction of sp³-hybridized carbons (Fsp3) is 0.458. The Hall–Kier alpha value is -2.33. The van der Waals surface area contributed by atoms with Crippen molar-refractivity contribution in [2.24, 2.45) is 0 Å². The zero-order chi connectivity index (χ0) is 20.0. The minimum Gasteiger partial charge on any atom is -0.483 e. The number of carbonyl (C=O) groups is 1. The first-order chi connectivity index (χ1) is 13.4. The van der Waals surface area contributed by atoms with E-state index in [1.54, 1.807) is 0 Å². The summed E-state index contributed by atoms with van der Waals surface area (Å²) in [7, 11) is 0. The molecule has 2 aromatic rings.